The molecule has 1 aliphatic carbocycles. The lowest BCUT2D eigenvalue weighted by atomic mass is 10.1. The normalized spacial score (nSPS) is 31.1. The Morgan fingerprint density at radius 1 is 1.35 bits per heavy atom. The van der Waals surface area contributed by atoms with E-state index < -0.39 is 0 Å². The second kappa shape index (κ2) is 6.70. The van der Waals surface area contributed by atoms with Gasteiger partial charge in [-0.3, -0.25) is 9.58 Å². The summed E-state index contributed by atoms with van der Waals surface area (Å²) in [6.45, 7) is 4.26. The molecule has 2 aliphatic rings. The van der Waals surface area contributed by atoms with Crippen LogP contribution >= 0.6 is 0 Å². The molecule has 0 aromatic carbocycles. The molecule has 0 amide bonds. The minimum Gasteiger partial charge on any atom is -0.380 e. The zero-order chi connectivity index (χ0) is 13.8. The summed E-state index contributed by atoms with van der Waals surface area (Å²) in [6, 6.07) is 3.32. The molecule has 3 rings (SSSR count). The zero-order valence-electron chi connectivity index (χ0n) is 12.4. The zero-order valence-corrected chi connectivity index (χ0v) is 12.4. The van der Waals surface area contributed by atoms with Gasteiger partial charge >= 0.3 is 0 Å². The van der Waals surface area contributed by atoms with Crippen LogP contribution in [0.15, 0.2) is 18.5 Å². The number of hydrogen-bond acceptors (Lipinski definition) is 4. The van der Waals surface area contributed by atoms with E-state index >= 15 is 0 Å². The quantitative estimate of drug-likeness (QED) is 0.846. The highest BCUT2D eigenvalue weighted by atomic mass is 16.5. The topological polar surface area (TPSA) is 42.3 Å². The molecule has 0 spiro atoms. The molecule has 112 valence electrons. The van der Waals surface area contributed by atoms with Gasteiger partial charge in [-0.25, -0.2) is 0 Å². The molecule has 1 aromatic heterocycles. The molecule has 5 nitrogen and oxygen atoms in total. The average molecular weight is 278 g/mol. The molecule has 0 radical (unpaired) electrons. The Morgan fingerprint density at radius 3 is 3.05 bits per heavy atom. The third-order valence-electron chi connectivity index (χ3n) is 4.76. The molecule has 1 aliphatic heterocycles. The molecule has 1 saturated carbocycles. The van der Waals surface area contributed by atoms with Crippen LogP contribution in [-0.4, -0.2) is 59.6 Å². The van der Waals surface area contributed by atoms with Crippen molar-refractivity contribution in [3.8, 4) is 0 Å². The lowest BCUT2D eigenvalue weighted by Crippen LogP contribution is -2.47. The number of aromatic nitrogens is 2. The van der Waals surface area contributed by atoms with Crippen molar-refractivity contribution in [2.24, 2.45) is 0 Å². The number of likely N-dealkylation sites (tertiary alicyclic amines) is 1. The Hall–Kier alpha value is -0.910. The summed E-state index contributed by atoms with van der Waals surface area (Å²) in [5.41, 5.74) is 0. The van der Waals surface area contributed by atoms with Gasteiger partial charge in [0, 0.05) is 51.2 Å². The minimum absolute atomic E-state index is 0.445. The van der Waals surface area contributed by atoms with Gasteiger partial charge in [-0.1, -0.05) is 6.42 Å². The van der Waals surface area contributed by atoms with Crippen LogP contribution in [0.4, 0.5) is 0 Å². The second-order valence-corrected chi connectivity index (χ2v) is 5.97. The van der Waals surface area contributed by atoms with E-state index in [-0.39, 0.29) is 0 Å². The van der Waals surface area contributed by atoms with Gasteiger partial charge in [0.25, 0.3) is 0 Å². The Bertz CT molecular complexity index is 395. The highest BCUT2D eigenvalue weighted by Crippen LogP contribution is 2.27. The average Bonchev–Trinajstić information content (AvgIpc) is 3.20. The van der Waals surface area contributed by atoms with Gasteiger partial charge in [-0.15, -0.1) is 0 Å². The van der Waals surface area contributed by atoms with Crippen LogP contribution in [0.1, 0.15) is 25.7 Å². The lowest BCUT2D eigenvalue weighted by molar-refractivity contribution is 0.0980. The van der Waals surface area contributed by atoms with Crippen LogP contribution < -0.4 is 5.32 Å². The molecule has 3 atom stereocenters. The predicted octanol–water partition coefficient (Wildman–Crippen LogP) is 1.11. The summed E-state index contributed by atoms with van der Waals surface area (Å²) in [6.07, 6.45) is 9.48. The van der Waals surface area contributed by atoms with Crippen molar-refractivity contribution < 1.29 is 4.74 Å². The van der Waals surface area contributed by atoms with E-state index in [4.69, 9.17) is 4.74 Å². The summed E-state index contributed by atoms with van der Waals surface area (Å²) in [7, 11) is 1.84. The maximum absolute atomic E-state index is 5.49. The Balaban J connectivity index is 1.46. The molecular formula is C15H26N4O. The van der Waals surface area contributed by atoms with Crippen molar-refractivity contribution in [1.82, 2.24) is 20.0 Å². The van der Waals surface area contributed by atoms with Crippen LogP contribution in [0.2, 0.25) is 0 Å². The summed E-state index contributed by atoms with van der Waals surface area (Å²) >= 11 is 0. The van der Waals surface area contributed by atoms with Crippen LogP contribution in [0.3, 0.4) is 0 Å². The Kier molecular flexibility index (Phi) is 4.70. The van der Waals surface area contributed by atoms with E-state index in [0.29, 0.717) is 18.2 Å². The molecular weight excluding hydrogens is 252 g/mol. The van der Waals surface area contributed by atoms with Crippen LogP contribution in [0.5, 0.6) is 0 Å². The first-order chi connectivity index (χ1) is 9.86. The molecule has 1 N–H and O–H groups in total. The highest BCUT2D eigenvalue weighted by molar-refractivity contribution is 4.93. The molecule has 1 unspecified atom stereocenters. The molecule has 0 bridgehead atoms. The summed E-state index contributed by atoms with van der Waals surface area (Å²) in [5, 5.41) is 7.98. The number of hydrogen-bond donors (Lipinski definition) is 1. The molecule has 20 heavy (non-hydrogen) atoms. The van der Waals surface area contributed by atoms with Gasteiger partial charge in [0.05, 0.1) is 12.6 Å². The van der Waals surface area contributed by atoms with E-state index in [2.05, 4.69) is 15.3 Å². The van der Waals surface area contributed by atoms with Crippen molar-refractivity contribution in [2.45, 2.75) is 50.4 Å². The van der Waals surface area contributed by atoms with Crippen molar-refractivity contribution >= 4 is 0 Å². The smallest absolute Gasteiger partial charge is 0.0710 e. The van der Waals surface area contributed by atoms with E-state index in [0.717, 1.165) is 19.6 Å². The maximum atomic E-state index is 5.49. The minimum atomic E-state index is 0.445. The molecule has 1 saturated heterocycles. The first-order valence-corrected chi connectivity index (χ1v) is 7.84. The first kappa shape index (κ1) is 14.0. The molecule has 2 fully saturated rings. The van der Waals surface area contributed by atoms with Crippen molar-refractivity contribution in [1.29, 1.82) is 0 Å². The third kappa shape index (κ3) is 3.22. The monoisotopic (exact) mass is 278 g/mol. The van der Waals surface area contributed by atoms with Crippen molar-refractivity contribution in [3.05, 3.63) is 18.5 Å². The van der Waals surface area contributed by atoms with Gasteiger partial charge < -0.3 is 10.1 Å². The van der Waals surface area contributed by atoms with Gasteiger partial charge in [0.1, 0.15) is 0 Å². The van der Waals surface area contributed by atoms with Gasteiger partial charge in [0.2, 0.25) is 0 Å². The van der Waals surface area contributed by atoms with Crippen molar-refractivity contribution in [3.63, 3.8) is 0 Å². The van der Waals surface area contributed by atoms with E-state index in [1.807, 2.05) is 30.3 Å². The number of nitrogens with zero attached hydrogens (tertiary/aromatic N) is 3. The fraction of sp³-hybridized carbons (Fsp3) is 0.800. The number of nitrogens with one attached hydrogen (secondary N) is 1. The van der Waals surface area contributed by atoms with E-state index in [9.17, 15) is 0 Å². The summed E-state index contributed by atoms with van der Waals surface area (Å²) in [5.74, 6) is 0. The number of rotatable bonds is 6. The van der Waals surface area contributed by atoms with Gasteiger partial charge in [-0.05, 0) is 25.3 Å². The van der Waals surface area contributed by atoms with Gasteiger partial charge in [-0.2, -0.15) is 5.10 Å². The Morgan fingerprint density at radius 2 is 2.30 bits per heavy atom. The number of ether oxygens (including phenoxy) is 1. The predicted molar refractivity (Wildman–Crippen MR) is 78.6 cm³/mol. The van der Waals surface area contributed by atoms with E-state index in [1.54, 1.807) is 0 Å². The largest absolute Gasteiger partial charge is 0.380 e. The molecule has 1 aromatic rings. The second-order valence-electron chi connectivity index (χ2n) is 5.97. The van der Waals surface area contributed by atoms with Gasteiger partial charge in [0.15, 0.2) is 0 Å². The molecule has 2 heterocycles. The third-order valence-corrected chi connectivity index (χ3v) is 4.76. The highest BCUT2D eigenvalue weighted by Gasteiger charge is 2.35. The number of methoxy groups -OCH3 is 1. The standard InChI is InChI=1S/C15H26N4O/c1-20-13-6-10-18(12-13)15-5-2-4-14(15)16-8-11-19-9-3-7-17-19/h3,7,9,13-16H,2,4-6,8,10-12H2,1H3/t13?,14-,15+/m1/s1. The van der Waals surface area contributed by atoms with Crippen LogP contribution in [0.25, 0.3) is 0 Å². The summed E-state index contributed by atoms with van der Waals surface area (Å²) in [4.78, 5) is 2.63. The maximum Gasteiger partial charge on any atom is 0.0710 e. The lowest BCUT2D eigenvalue weighted by Gasteiger charge is -2.30. The van der Waals surface area contributed by atoms with Crippen LogP contribution in [-0.2, 0) is 11.3 Å². The molecule has 5 heteroatoms. The fourth-order valence-electron chi connectivity index (χ4n) is 3.66. The van der Waals surface area contributed by atoms with Crippen LogP contribution in [0, 0.1) is 0 Å². The van der Waals surface area contributed by atoms with Crippen molar-refractivity contribution in [2.75, 3.05) is 26.7 Å². The fourth-order valence-corrected chi connectivity index (χ4v) is 3.66. The SMILES string of the molecule is COC1CCN([C@H]2CCC[C@H]2NCCn2cccn2)C1. The Labute approximate surface area is 121 Å². The van der Waals surface area contributed by atoms with E-state index in [1.165, 1.54) is 32.2 Å². The first-order valence-electron chi connectivity index (χ1n) is 7.84. The summed E-state index contributed by atoms with van der Waals surface area (Å²) < 4.78 is 7.49.